The summed E-state index contributed by atoms with van der Waals surface area (Å²) >= 11 is 0. The van der Waals surface area contributed by atoms with Crippen LogP contribution in [0, 0.1) is 5.92 Å². The van der Waals surface area contributed by atoms with Gasteiger partial charge < -0.3 is 15.4 Å². The van der Waals surface area contributed by atoms with Crippen molar-refractivity contribution < 1.29 is 9.53 Å². The second-order valence-corrected chi connectivity index (χ2v) is 6.27. The van der Waals surface area contributed by atoms with E-state index in [9.17, 15) is 4.79 Å². The normalized spacial score (nSPS) is 21.0. The number of rotatable bonds is 3. The first-order valence-corrected chi connectivity index (χ1v) is 8.17. The third-order valence-electron chi connectivity index (χ3n) is 4.66. The van der Waals surface area contributed by atoms with Gasteiger partial charge in [0.25, 0.3) is 5.91 Å². The Labute approximate surface area is 132 Å². The minimum absolute atomic E-state index is 0.108. The van der Waals surface area contributed by atoms with Crippen LogP contribution >= 0.6 is 0 Å². The average Bonchev–Trinajstić information content (AvgIpc) is 2.56. The van der Waals surface area contributed by atoms with Crippen molar-refractivity contribution in [3.05, 3.63) is 29.8 Å². The number of morpholine rings is 1. The van der Waals surface area contributed by atoms with Gasteiger partial charge in [-0.05, 0) is 37.0 Å². The van der Waals surface area contributed by atoms with Crippen LogP contribution in [-0.4, -0.2) is 61.6 Å². The predicted molar refractivity (Wildman–Crippen MR) is 86.7 cm³/mol. The Balaban J connectivity index is 1.49. The molecule has 3 rings (SSSR count). The second-order valence-electron chi connectivity index (χ2n) is 6.27. The Morgan fingerprint density at radius 2 is 1.91 bits per heavy atom. The van der Waals surface area contributed by atoms with E-state index in [0.29, 0.717) is 17.2 Å². The van der Waals surface area contributed by atoms with Gasteiger partial charge in [-0.2, -0.15) is 0 Å². The molecule has 5 nitrogen and oxygen atoms in total. The maximum Gasteiger partial charge on any atom is 0.253 e. The lowest BCUT2D eigenvalue weighted by atomic mass is 9.95. The molecule has 1 amide bonds. The third-order valence-corrected chi connectivity index (χ3v) is 4.66. The minimum Gasteiger partial charge on any atom is -0.399 e. The number of nitrogens with two attached hydrogens (primary N) is 1. The van der Waals surface area contributed by atoms with Crippen LogP contribution in [0.4, 0.5) is 5.69 Å². The highest BCUT2D eigenvalue weighted by Crippen LogP contribution is 2.21. The fraction of sp³-hybridized carbons (Fsp3) is 0.588. The number of nitrogens with zero attached hydrogens (tertiary/aromatic N) is 2. The number of benzene rings is 1. The molecule has 5 heteroatoms. The average molecular weight is 303 g/mol. The Morgan fingerprint density at radius 1 is 1.18 bits per heavy atom. The van der Waals surface area contributed by atoms with Crippen molar-refractivity contribution in [1.29, 1.82) is 0 Å². The number of piperidine rings is 1. The molecule has 0 saturated carbocycles. The summed E-state index contributed by atoms with van der Waals surface area (Å²) in [7, 11) is 0. The summed E-state index contributed by atoms with van der Waals surface area (Å²) in [5.41, 5.74) is 7.11. The number of hydrogen-bond donors (Lipinski definition) is 1. The van der Waals surface area contributed by atoms with Gasteiger partial charge in [-0.25, -0.2) is 0 Å². The third kappa shape index (κ3) is 3.78. The van der Waals surface area contributed by atoms with Crippen molar-refractivity contribution in [2.75, 3.05) is 51.7 Å². The molecule has 2 aliphatic rings. The zero-order chi connectivity index (χ0) is 15.4. The monoisotopic (exact) mass is 303 g/mol. The van der Waals surface area contributed by atoms with Crippen LogP contribution in [0.2, 0.25) is 0 Å². The van der Waals surface area contributed by atoms with Crippen LogP contribution in [0.25, 0.3) is 0 Å². The Bertz CT molecular complexity index is 506. The summed E-state index contributed by atoms with van der Waals surface area (Å²) < 4.78 is 5.39. The van der Waals surface area contributed by atoms with Crippen molar-refractivity contribution in [1.82, 2.24) is 9.80 Å². The highest BCUT2D eigenvalue weighted by atomic mass is 16.5. The highest BCUT2D eigenvalue weighted by molar-refractivity contribution is 5.95. The largest absolute Gasteiger partial charge is 0.399 e. The first-order chi connectivity index (χ1) is 10.7. The Hall–Kier alpha value is -1.59. The first kappa shape index (κ1) is 15.3. The summed E-state index contributed by atoms with van der Waals surface area (Å²) in [5, 5.41) is 0. The van der Waals surface area contributed by atoms with Gasteiger partial charge in [-0.3, -0.25) is 9.69 Å². The fourth-order valence-corrected chi connectivity index (χ4v) is 3.32. The Morgan fingerprint density at radius 3 is 2.59 bits per heavy atom. The SMILES string of the molecule is Nc1cccc(C(=O)N2CCC(CN3CCOCC3)CC2)c1. The maximum absolute atomic E-state index is 12.5. The zero-order valence-corrected chi connectivity index (χ0v) is 13.0. The number of nitrogen functional groups attached to an aromatic ring is 1. The first-order valence-electron chi connectivity index (χ1n) is 8.17. The molecule has 2 N–H and O–H groups in total. The summed E-state index contributed by atoms with van der Waals surface area (Å²) in [4.78, 5) is 16.9. The molecule has 22 heavy (non-hydrogen) atoms. The molecule has 2 aliphatic heterocycles. The van der Waals surface area contributed by atoms with Crippen LogP contribution in [0.5, 0.6) is 0 Å². The topological polar surface area (TPSA) is 58.8 Å². The lowest BCUT2D eigenvalue weighted by molar-refractivity contribution is 0.0243. The molecular formula is C17H25N3O2. The van der Waals surface area contributed by atoms with Gasteiger partial charge in [-0.1, -0.05) is 6.07 Å². The summed E-state index contributed by atoms with van der Waals surface area (Å²) in [5.74, 6) is 0.806. The van der Waals surface area contributed by atoms with Gasteiger partial charge in [0, 0.05) is 44.0 Å². The molecule has 120 valence electrons. The van der Waals surface area contributed by atoms with E-state index in [-0.39, 0.29) is 5.91 Å². The van der Waals surface area contributed by atoms with Crippen LogP contribution in [0.3, 0.4) is 0 Å². The molecule has 2 heterocycles. The number of ether oxygens (including phenoxy) is 1. The number of amides is 1. The zero-order valence-electron chi connectivity index (χ0n) is 13.0. The van der Waals surface area contributed by atoms with E-state index in [2.05, 4.69) is 4.90 Å². The molecule has 0 atom stereocenters. The van der Waals surface area contributed by atoms with Crippen molar-refractivity contribution in [3.63, 3.8) is 0 Å². The molecular weight excluding hydrogens is 278 g/mol. The quantitative estimate of drug-likeness (QED) is 0.859. The van der Waals surface area contributed by atoms with Crippen molar-refractivity contribution in [3.8, 4) is 0 Å². The van der Waals surface area contributed by atoms with Crippen LogP contribution < -0.4 is 5.73 Å². The molecule has 1 aromatic carbocycles. The number of anilines is 1. The lowest BCUT2D eigenvalue weighted by Crippen LogP contribution is -2.44. The summed E-state index contributed by atoms with van der Waals surface area (Å²) in [6.45, 7) is 6.64. The lowest BCUT2D eigenvalue weighted by Gasteiger charge is -2.36. The van der Waals surface area contributed by atoms with Gasteiger partial charge >= 0.3 is 0 Å². The highest BCUT2D eigenvalue weighted by Gasteiger charge is 2.25. The van der Waals surface area contributed by atoms with Crippen molar-refractivity contribution >= 4 is 11.6 Å². The molecule has 0 spiro atoms. The van der Waals surface area contributed by atoms with Gasteiger partial charge in [0.1, 0.15) is 0 Å². The van der Waals surface area contributed by atoms with E-state index in [1.165, 1.54) is 0 Å². The van der Waals surface area contributed by atoms with E-state index in [0.717, 1.165) is 58.8 Å². The predicted octanol–water partition coefficient (Wildman–Crippen LogP) is 1.45. The van der Waals surface area contributed by atoms with Crippen molar-refractivity contribution in [2.45, 2.75) is 12.8 Å². The minimum atomic E-state index is 0.108. The summed E-state index contributed by atoms with van der Waals surface area (Å²) in [6.07, 6.45) is 2.18. The fourth-order valence-electron chi connectivity index (χ4n) is 3.32. The van der Waals surface area contributed by atoms with Crippen LogP contribution in [-0.2, 0) is 4.74 Å². The van der Waals surface area contributed by atoms with E-state index in [4.69, 9.17) is 10.5 Å². The molecule has 0 aliphatic carbocycles. The summed E-state index contributed by atoms with van der Waals surface area (Å²) in [6, 6.07) is 7.26. The smallest absolute Gasteiger partial charge is 0.253 e. The van der Waals surface area contributed by atoms with Gasteiger partial charge in [0.15, 0.2) is 0 Å². The second kappa shape index (κ2) is 7.11. The number of carbonyl (C=O) groups excluding carboxylic acids is 1. The molecule has 1 aromatic rings. The van der Waals surface area contributed by atoms with E-state index in [1.54, 1.807) is 6.07 Å². The Kier molecular flexibility index (Phi) is 4.95. The van der Waals surface area contributed by atoms with Gasteiger partial charge in [-0.15, -0.1) is 0 Å². The number of carbonyl (C=O) groups is 1. The molecule has 0 radical (unpaired) electrons. The standard InChI is InChI=1S/C17H25N3O2/c18-16-3-1-2-15(12-16)17(21)20-6-4-14(5-7-20)13-19-8-10-22-11-9-19/h1-3,12,14H,4-11,13,18H2. The molecule has 2 saturated heterocycles. The van der Waals surface area contributed by atoms with E-state index < -0.39 is 0 Å². The number of hydrogen-bond acceptors (Lipinski definition) is 4. The molecule has 0 aromatic heterocycles. The van der Waals surface area contributed by atoms with Crippen LogP contribution in [0.15, 0.2) is 24.3 Å². The van der Waals surface area contributed by atoms with Crippen LogP contribution in [0.1, 0.15) is 23.2 Å². The van der Waals surface area contributed by atoms with E-state index >= 15 is 0 Å². The molecule has 0 unspecified atom stereocenters. The van der Waals surface area contributed by atoms with Crippen molar-refractivity contribution in [2.24, 2.45) is 5.92 Å². The van der Waals surface area contributed by atoms with E-state index in [1.807, 2.05) is 23.1 Å². The molecule has 2 fully saturated rings. The molecule has 0 bridgehead atoms. The maximum atomic E-state index is 12.5. The van der Waals surface area contributed by atoms with Gasteiger partial charge in [0.05, 0.1) is 13.2 Å². The number of likely N-dealkylation sites (tertiary alicyclic amines) is 1. The van der Waals surface area contributed by atoms with Gasteiger partial charge in [0.2, 0.25) is 0 Å².